The van der Waals surface area contributed by atoms with E-state index in [4.69, 9.17) is 4.42 Å². The maximum atomic E-state index is 11.9. The van der Waals surface area contributed by atoms with Gasteiger partial charge in [-0.05, 0) is 77.8 Å². The summed E-state index contributed by atoms with van der Waals surface area (Å²) in [4.78, 5) is 15.4. The molecule has 0 saturated carbocycles. The molecule has 5 heteroatoms. The van der Waals surface area contributed by atoms with E-state index in [1.807, 2.05) is 13.0 Å². The van der Waals surface area contributed by atoms with Gasteiger partial charge in [0.25, 0.3) is 0 Å². The van der Waals surface area contributed by atoms with Crippen molar-refractivity contribution < 1.29 is 4.42 Å². The molecule has 23 heavy (non-hydrogen) atoms. The fourth-order valence-corrected chi connectivity index (χ4v) is 4.23. The van der Waals surface area contributed by atoms with Gasteiger partial charge in [0.15, 0.2) is 0 Å². The minimum absolute atomic E-state index is 0.289. The average molecular weight is 392 g/mol. The van der Waals surface area contributed by atoms with Crippen LogP contribution in [-0.2, 0) is 13.1 Å². The second kappa shape index (κ2) is 6.59. The van der Waals surface area contributed by atoms with Crippen LogP contribution in [-0.4, -0.2) is 11.9 Å². The van der Waals surface area contributed by atoms with E-state index < -0.39 is 0 Å². The Morgan fingerprint density at radius 2 is 1.87 bits per heavy atom. The summed E-state index contributed by atoms with van der Waals surface area (Å²) in [6.45, 7) is 5.67. The zero-order valence-corrected chi connectivity index (χ0v) is 15.8. The van der Waals surface area contributed by atoms with Gasteiger partial charge in [0.05, 0.1) is 3.79 Å². The Kier molecular flexibility index (Phi) is 4.71. The van der Waals surface area contributed by atoms with E-state index in [9.17, 15) is 4.79 Å². The van der Waals surface area contributed by atoms with E-state index in [1.54, 1.807) is 17.4 Å². The third kappa shape index (κ3) is 3.74. The molecule has 0 fully saturated rings. The predicted octanol–water partition coefficient (Wildman–Crippen LogP) is 4.87. The number of benzene rings is 1. The Balaban J connectivity index is 1.92. The van der Waals surface area contributed by atoms with E-state index in [0.717, 1.165) is 26.8 Å². The molecule has 0 spiro atoms. The number of fused-ring (bicyclic) bond motifs is 1. The van der Waals surface area contributed by atoms with Crippen molar-refractivity contribution in [1.82, 2.24) is 4.90 Å². The lowest BCUT2D eigenvalue weighted by molar-refractivity contribution is 0.322. The monoisotopic (exact) mass is 391 g/mol. The fraction of sp³-hybridized carbons (Fsp3) is 0.278. The van der Waals surface area contributed by atoms with Crippen molar-refractivity contribution in [2.75, 3.05) is 7.05 Å². The van der Waals surface area contributed by atoms with Crippen LogP contribution in [0.2, 0.25) is 0 Å². The van der Waals surface area contributed by atoms with Crippen LogP contribution in [0.5, 0.6) is 0 Å². The van der Waals surface area contributed by atoms with Crippen molar-refractivity contribution in [3.8, 4) is 0 Å². The molecule has 0 amide bonds. The molecule has 2 aromatic heterocycles. The third-order valence-electron chi connectivity index (χ3n) is 3.94. The molecule has 0 radical (unpaired) electrons. The maximum Gasteiger partial charge on any atom is 0.336 e. The van der Waals surface area contributed by atoms with Crippen molar-refractivity contribution in [3.05, 3.63) is 66.1 Å². The molecule has 3 nitrogen and oxygen atoms in total. The molecule has 3 aromatic rings. The van der Waals surface area contributed by atoms with Gasteiger partial charge in [-0.15, -0.1) is 11.3 Å². The molecule has 120 valence electrons. The van der Waals surface area contributed by atoms with Gasteiger partial charge in [0, 0.05) is 29.4 Å². The minimum Gasteiger partial charge on any atom is -0.423 e. The van der Waals surface area contributed by atoms with E-state index >= 15 is 0 Å². The topological polar surface area (TPSA) is 33.5 Å². The number of aryl methyl sites for hydroxylation is 2. The SMILES string of the molecule is Cc1cc2oc(=O)cc(CN(C)Cc3ccc(Br)s3)c2cc1C. The fourth-order valence-electron chi connectivity index (χ4n) is 2.66. The van der Waals surface area contributed by atoms with Crippen LogP contribution < -0.4 is 5.63 Å². The lowest BCUT2D eigenvalue weighted by Crippen LogP contribution is -2.18. The highest BCUT2D eigenvalue weighted by atomic mass is 79.9. The summed E-state index contributed by atoms with van der Waals surface area (Å²) in [6.07, 6.45) is 0. The first-order valence-corrected chi connectivity index (χ1v) is 9.00. The van der Waals surface area contributed by atoms with E-state index in [-0.39, 0.29) is 5.63 Å². The molecular weight excluding hydrogens is 374 g/mol. The third-order valence-corrected chi connectivity index (χ3v) is 5.55. The molecular formula is C18H18BrNO2S. The molecule has 0 bridgehead atoms. The van der Waals surface area contributed by atoms with Gasteiger partial charge in [-0.25, -0.2) is 4.79 Å². The lowest BCUT2D eigenvalue weighted by atomic mass is 10.0. The summed E-state index contributed by atoms with van der Waals surface area (Å²) in [5.74, 6) is 0. The lowest BCUT2D eigenvalue weighted by Gasteiger charge is -2.17. The summed E-state index contributed by atoms with van der Waals surface area (Å²) in [7, 11) is 2.06. The van der Waals surface area contributed by atoms with Gasteiger partial charge in [0.1, 0.15) is 5.58 Å². The van der Waals surface area contributed by atoms with Crippen LogP contribution in [0.15, 0.2) is 43.3 Å². The summed E-state index contributed by atoms with van der Waals surface area (Å²) < 4.78 is 6.50. The largest absolute Gasteiger partial charge is 0.423 e. The normalized spacial score (nSPS) is 11.5. The minimum atomic E-state index is -0.289. The van der Waals surface area contributed by atoms with E-state index in [2.05, 4.69) is 53.0 Å². The predicted molar refractivity (Wildman–Crippen MR) is 99.1 cm³/mol. The van der Waals surface area contributed by atoms with Gasteiger partial charge < -0.3 is 4.42 Å². The van der Waals surface area contributed by atoms with Crippen molar-refractivity contribution in [2.45, 2.75) is 26.9 Å². The molecule has 0 unspecified atom stereocenters. The van der Waals surface area contributed by atoms with Crippen LogP contribution >= 0.6 is 27.3 Å². The Bertz CT molecular complexity index is 913. The summed E-state index contributed by atoms with van der Waals surface area (Å²) in [5.41, 5.74) is 3.73. The highest BCUT2D eigenvalue weighted by Crippen LogP contribution is 2.25. The van der Waals surface area contributed by atoms with Crippen LogP contribution in [0.3, 0.4) is 0 Å². The number of hydrogen-bond donors (Lipinski definition) is 0. The highest BCUT2D eigenvalue weighted by Gasteiger charge is 2.11. The number of nitrogens with zero attached hydrogens (tertiary/aromatic N) is 1. The van der Waals surface area contributed by atoms with Crippen LogP contribution in [0, 0.1) is 13.8 Å². The maximum absolute atomic E-state index is 11.9. The van der Waals surface area contributed by atoms with Gasteiger partial charge in [-0.1, -0.05) is 0 Å². The molecule has 3 rings (SSSR count). The Labute approximate surface area is 147 Å². The highest BCUT2D eigenvalue weighted by molar-refractivity contribution is 9.11. The molecule has 0 aliphatic carbocycles. The molecule has 2 heterocycles. The Morgan fingerprint density at radius 1 is 1.13 bits per heavy atom. The Morgan fingerprint density at radius 3 is 2.57 bits per heavy atom. The molecule has 0 N–H and O–H groups in total. The zero-order chi connectivity index (χ0) is 16.6. The number of halogens is 1. The van der Waals surface area contributed by atoms with E-state index in [1.165, 1.54) is 10.4 Å². The first-order chi connectivity index (χ1) is 10.9. The van der Waals surface area contributed by atoms with Crippen LogP contribution in [0.25, 0.3) is 11.0 Å². The van der Waals surface area contributed by atoms with Gasteiger partial charge in [0.2, 0.25) is 0 Å². The molecule has 0 atom stereocenters. The second-order valence-electron chi connectivity index (χ2n) is 5.90. The number of rotatable bonds is 4. The molecule has 1 aromatic carbocycles. The standard InChI is InChI=1S/C18H18BrNO2S/c1-11-6-15-13(8-18(21)22-16(15)7-12(11)2)9-20(3)10-14-4-5-17(19)23-14/h4-8H,9-10H2,1-3H3. The van der Waals surface area contributed by atoms with Gasteiger partial charge in [-0.3, -0.25) is 4.90 Å². The van der Waals surface area contributed by atoms with E-state index in [0.29, 0.717) is 12.1 Å². The van der Waals surface area contributed by atoms with Gasteiger partial charge >= 0.3 is 5.63 Å². The smallest absolute Gasteiger partial charge is 0.336 e. The quantitative estimate of drug-likeness (QED) is 0.595. The van der Waals surface area contributed by atoms with Gasteiger partial charge in [-0.2, -0.15) is 0 Å². The van der Waals surface area contributed by atoms with Crippen LogP contribution in [0.1, 0.15) is 21.6 Å². The van der Waals surface area contributed by atoms with Crippen molar-refractivity contribution in [3.63, 3.8) is 0 Å². The van der Waals surface area contributed by atoms with Crippen molar-refractivity contribution >= 4 is 38.2 Å². The summed E-state index contributed by atoms with van der Waals surface area (Å²) >= 11 is 5.22. The van der Waals surface area contributed by atoms with Crippen molar-refractivity contribution in [1.29, 1.82) is 0 Å². The second-order valence-corrected chi connectivity index (χ2v) is 8.45. The number of hydrogen-bond acceptors (Lipinski definition) is 4. The summed E-state index contributed by atoms with van der Waals surface area (Å²) in [5, 5.41) is 1.02. The Hall–Kier alpha value is -1.43. The number of thiophene rings is 1. The zero-order valence-electron chi connectivity index (χ0n) is 13.4. The molecule has 0 saturated heterocycles. The summed E-state index contributed by atoms with van der Waals surface area (Å²) in [6, 6.07) is 9.85. The first-order valence-electron chi connectivity index (χ1n) is 7.39. The van der Waals surface area contributed by atoms with Crippen LogP contribution in [0.4, 0.5) is 0 Å². The first kappa shape index (κ1) is 16.4. The molecule has 0 aliphatic rings. The molecule has 0 aliphatic heterocycles. The van der Waals surface area contributed by atoms with Crippen molar-refractivity contribution in [2.24, 2.45) is 0 Å². The average Bonchev–Trinajstić information content (AvgIpc) is 2.86.